The van der Waals surface area contributed by atoms with Gasteiger partial charge in [-0.1, -0.05) is 6.42 Å². The Balaban J connectivity index is 1.18. The van der Waals surface area contributed by atoms with E-state index in [4.69, 9.17) is 4.74 Å². The standard InChI is InChI=1S/C23H33N5O4/c29-22(30)16-5-10-26(11-6-16)15-17-2-1-3-20-21(17)32-23(31)28(20)18-7-12-27(13-8-18)19-4-9-24-25-14-19/h4,9,14,16-18,20-21H,1-3,5-8,10-13,15H2,(H,29,30). The van der Waals surface area contributed by atoms with Crippen molar-refractivity contribution in [1.82, 2.24) is 20.0 Å². The number of hydrogen-bond donors (Lipinski definition) is 1. The maximum atomic E-state index is 12.9. The van der Waals surface area contributed by atoms with E-state index < -0.39 is 5.97 Å². The average Bonchev–Trinajstić information content (AvgIpc) is 3.17. The molecule has 0 bridgehead atoms. The Kier molecular flexibility index (Phi) is 6.17. The molecule has 4 aliphatic rings. The summed E-state index contributed by atoms with van der Waals surface area (Å²) < 4.78 is 5.99. The topological polar surface area (TPSA) is 99.1 Å². The number of likely N-dealkylation sites (tertiary alicyclic amines) is 1. The van der Waals surface area contributed by atoms with Gasteiger partial charge in [0.05, 0.1) is 30.0 Å². The summed E-state index contributed by atoms with van der Waals surface area (Å²) in [5.74, 6) is -0.542. The van der Waals surface area contributed by atoms with Gasteiger partial charge in [-0.3, -0.25) is 9.69 Å². The molecule has 1 amide bonds. The minimum Gasteiger partial charge on any atom is -0.481 e. The lowest BCUT2D eigenvalue weighted by molar-refractivity contribution is -0.143. The summed E-state index contributed by atoms with van der Waals surface area (Å²) in [7, 11) is 0. The lowest BCUT2D eigenvalue weighted by Crippen LogP contribution is -2.52. The largest absolute Gasteiger partial charge is 0.481 e. The predicted octanol–water partition coefficient (Wildman–Crippen LogP) is 2.23. The second-order valence-corrected chi connectivity index (χ2v) is 9.75. The van der Waals surface area contributed by atoms with Crippen molar-refractivity contribution in [3.63, 3.8) is 0 Å². The van der Waals surface area contributed by atoms with E-state index in [-0.39, 0.29) is 30.2 Å². The molecule has 4 heterocycles. The third-order valence-corrected chi connectivity index (χ3v) is 7.94. The van der Waals surface area contributed by atoms with Crippen LogP contribution in [0.15, 0.2) is 18.5 Å². The van der Waals surface area contributed by atoms with Crippen molar-refractivity contribution >= 4 is 17.7 Å². The molecule has 1 aromatic heterocycles. The lowest BCUT2D eigenvalue weighted by atomic mass is 9.81. The first-order chi connectivity index (χ1) is 15.6. The molecule has 3 atom stereocenters. The number of carbonyl (C=O) groups excluding carboxylic acids is 1. The summed E-state index contributed by atoms with van der Waals surface area (Å²) in [6, 6.07) is 2.39. The van der Waals surface area contributed by atoms with Crippen LogP contribution in [0.4, 0.5) is 10.5 Å². The molecule has 9 nitrogen and oxygen atoms in total. The number of hydrogen-bond acceptors (Lipinski definition) is 7. The smallest absolute Gasteiger partial charge is 0.410 e. The van der Waals surface area contributed by atoms with E-state index in [0.717, 1.165) is 70.5 Å². The number of carbonyl (C=O) groups is 2. The number of amides is 1. The number of carboxylic acids is 1. The predicted molar refractivity (Wildman–Crippen MR) is 117 cm³/mol. The zero-order chi connectivity index (χ0) is 22.1. The van der Waals surface area contributed by atoms with Crippen LogP contribution in [0.3, 0.4) is 0 Å². The number of piperidine rings is 2. The van der Waals surface area contributed by atoms with Gasteiger partial charge in [-0.2, -0.15) is 10.2 Å². The molecular weight excluding hydrogens is 410 g/mol. The molecule has 9 heteroatoms. The molecule has 4 fully saturated rings. The molecular formula is C23H33N5O4. The molecule has 5 rings (SSSR count). The van der Waals surface area contributed by atoms with Crippen molar-refractivity contribution in [1.29, 1.82) is 0 Å². The van der Waals surface area contributed by atoms with Crippen molar-refractivity contribution in [2.24, 2.45) is 11.8 Å². The van der Waals surface area contributed by atoms with Crippen LogP contribution >= 0.6 is 0 Å². The van der Waals surface area contributed by atoms with Gasteiger partial charge < -0.3 is 19.6 Å². The molecule has 1 aromatic rings. The summed E-state index contributed by atoms with van der Waals surface area (Å²) in [6.07, 6.45) is 9.87. The Morgan fingerprint density at radius 3 is 2.53 bits per heavy atom. The minimum absolute atomic E-state index is 0.0316. The summed E-state index contributed by atoms with van der Waals surface area (Å²) in [5, 5.41) is 17.1. The fraction of sp³-hybridized carbons (Fsp3) is 0.739. The lowest BCUT2D eigenvalue weighted by Gasteiger charge is -2.42. The zero-order valence-corrected chi connectivity index (χ0v) is 18.5. The van der Waals surface area contributed by atoms with E-state index in [9.17, 15) is 14.7 Å². The first-order valence-electron chi connectivity index (χ1n) is 12.1. The highest BCUT2D eigenvalue weighted by atomic mass is 16.6. The van der Waals surface area contributed by atoms with Gasteiger partial charge in [0.15, 0.2) is 0 Å². The molecule has 0 spiro atoms. The van der Waals surface area contributed by atoms with E-state index in [1.165, 1.54) is 0 Å². The molecule has 1 aliphatic carbocycles. The first-order valence-corrected chi connectivity index (χ1v) is 12.1. The van der Waals surface area contributed by atoms with Crippen LogP contribution in [-0.2, 0) is 9.53 Å². The molecule has 1 N–H and O–H groups in total. The second-order valence-electron chi connectivity index (χ2n) is 9.75. The number of carboxylic acid groups (broad SMARTS) is 1. The first kappa shape index (κ1) is 21.4. The molecule has 3 unspecified atom stereocenters. The molecule has 3 aliphatic heterocycles. The molecule has 174 valence electrons. The van der Waals surface area contributed by atoms with E-state index >= 15 is 0 Å². The second kappa shape index (κ2) is 9.21. The number of aromatic nitrogens is 2. The van der Waals surface area contributed by atoms with Gasteiger partial charge >= 0.3 is 12.1 Å². The van der Waals surface area contributed by atoms with Gasteiger partial charge in [-0.25, -0.2) is 4.79 Å². The van der Waals surface area contributed by atoms with Crippen molar-refractivity contribution in [2.45, 2.75) is 63.1 Å². The highest BCUT2D eigenvalue weighted by molar-refractivity contribution is 5.71. The van der Waals surface area contributed by atoms with Gasteiger partial charge in [0.1, 0.15) is 6.10 Å². The van der Waals surface area contributed by atoms with Gasteiger partial charge in [-0.15, -0.1) is 0 Å². The van der Waals surface area contributed by atoms with Gasteiger partial charge in [0.2, 0.25) is 0 Å². The number of ether oxygens (including phenoxy) is 1. The minimum atomic E-state index is -0.672. The number of rotatable bonds is 5. The SMILES string of the molecule is O=C(O)C1CCN(CC2CCCC3C2OC(=O)N3C2CCN(c3ccnnc3)CC2)CC1. The zero-order valence-electron chi connectivity index (χ0n) is 18.5. The Hall–Kier alpha value is -2.42. The van der Waals surface area contributed by atoms with E-state index in [0.29, 0.717) is 18.8 Å². The van der Waals surface area contributed by atoms with Gasteiger partial charge in [-0.05, 0) is 57.7 Å². The Morgan fingerprint density at radius 2 is 1.84 bits per heavy atom. The summed E-state index contributed by atoms with van der Waals surface area (Å²) in [6.45, 7) is 4.36. The fourth-order valence-corrected chi connectivity index (χ4v) is 6.20. The molecule has 0 aromatic carbocycles. The van der Waals surface area contributed by atoms with Crippen molar-refractivity contribution in [2.75, 3.05) is 37.6 Å². The monoisotopic (exact) mass is 443 g/mol. The summed E-state index contributed by atoms with van der Waals surface area (Å²) in [5.41, 5.74) is 1.09. The van der Waals surface area contributed by atoms with E-state index in [1.54, 1.807) is 12.4 Å². The van der Waals surface area contributed by atoms with Crippen LogP contribution in [0, 0.1) is 11.8 Å². The number of anilines is 1. The Bertz CT molecular complexity index is 808. The van der Waals surface area contributed by atoms with Crippen LogP contribution in [0.2, 0.25) is 0 Å². The number of nitrogens with zero attached hydrogens (tertiary/aromatic N) is 5. The quantitative estimate of drug-likeness (QED) is 0.740. The third kappa shape index (κ3) is 4.27. The highest BCUT2D eigenvalue weighted by Gasteiger charge is 2.50. The molecule has 0 radical (unpaired) electrons. The van der Waals surface area contributed by atoms with Crippen molar-refractivity contribution < 1.29 is 19.4 Å². The van der Waals surface area contributed by atoms with Crippen LogP contribution < -0.4 is 4.90 Å². The van der Waals surface area contributed by atoms with Crippen LogP contribution in [-0.4, -0.2) is 88.1 Å². The summed E-state index contributed by atoms with van der Waals surface area (Å²) >= 11 is 0. The maximum absolute atomic E-state index is 12.9. The van der Waals surface area contributed by atoms with E-state index in [2.05, 4.69) is 24.9 Å². The number of aliphatic carboxylic acids is 1. The summed E-state index contributed by atoms with van der Waals surface area (Å²) in [4.78, 5) is 30.9. The van der Waals surface area contributed by atoms with Gasteiger partial charge in [0.25, 0.3) is 0 Å². The Morgan fingerprint density at radius 1 is 1.06 bits per heavy atom. The molecule has 1 saturated carbocycles. The van der Waals surface area contributed by atoms with Crippen molar-refractivity contribution in [3.05, 3.63) is 18.5 Å². The van der Waals surface area contributed by atoms with Crippen LogP contribution in [0.5, 0.6) is 0 Å². The van der Waals surface area contributed by atoms with Crippen LogP contribution in [0.25, 0.3) is 0 Å². The number of fused-ring (bicyclic) bond motifs is 1. The average molecular weight is 444 g/mol. The van der Waals surface area contributed by atoms with E-state index in [1.807, 2.05) is 6.07 Å². The van der Waals surface area contributed by atoms with Crippen LogP contribution in [0.1, 0.15) is 44.9 Å². The highest BCUT2D eigenvalue weighted by Crippen LogP contribution is 2.39. The third-order valence-electron chi connectivity index (χ3n) is 7.94. The normalized spacial score (nSPS) is 30.2. The van der Waals surface area contributed by atoms with Gasteiger partial charge in [0, 0.05) is 31.6 Å². The fourth-order valence-electron chi connectivity index (χ4n) is 6.20. The molecule has 3 saturated heterocycles. The molecule has 32 heavy (non-hydrogen) atoms. The maximum Gasteiger partial charge on any atom is 0.410 e. The Labute approximate surface area is 188 Å². The van der Waals surface area contributed by atoms with Crippen molar-refractivity contribution in [3.8, 4) is 0 Å².